The molecular weight excluding hydrogens is 290 g/mol. The van der Waals surface area contributed by atoms with E-state index in [0.29, 0.717) is 24.6 Å². The molecule has 1 aliphatic rings. The molecule has 4 rings (SSSR count). The summed E-state index contributed by atoms with van der Waals surface area (Å²) in [6.07, 6.45) is 8.68. The van der Waals surface area contributed by atoms with Gasteiger partial charge in [-0.2, -0.15) is 0 Å². The zero-order valence-corrected chi connectivity index (χ0v) is 13.1. The van der Waals surface area contributed by atoms with Crippen molar-refractivity contribution in [1.82, 2.24) is 24.4 Å². The smallest absolute Gasteiger partial charge is 0.147 e. The molecule has 1 aliphatic carbocycles. The fourth-order valence-corrected chi connectivity index (χ4v) is 2.71. The molecule has 3 aromatic rings. The molecule has 3 aromatic heterocycles. The van der Waals surface area contributed by atoms with E-state index in [4.69, 9.17) is 4.74 Å². The second-order valence-electron chi connectivity index (χ2n) is 5.89. The van der Waals surface area contributed by atoms with Crippen molar-refractivity contribution < 1.29 is 4.74 Å². The van der Waals surface area contributed by atoms with Crippen LogP contribution in [0, 0.1) is 0 Å². The Labute approximate surface area is 134 Å². The standard InChI is InChI=1S/C17H19N5O/c1-3-23-12(2)16-11-22(20-19-16)10-15-9-21-8-14(13-4-5-13)6-7-17(21)18-15/h6-9,11,13H,2-5,10H2,1H3. The third kappa shape index (κ3) is 2.84. The fraction of sp³-hybridized carbons (Fsp3) is 0.353. The average Bonchev–Trinajstić information content (AvgIpc) is 3.15. The summed E-state index contributed by atoms with van der Waals surface area (Å²) in [6.45, 7) is 6.91. The van der Waals surface area contributed by atoms with Gasteiger partial charge in [0.2, 0.25) is 0 Å². The van der Waals surface area contributed by atoms with Crippen molar-refractivity contribution in [1.29, 1.82) is 0 Å². The first-order valence-electron chi connectivity index (χ1n) is 7.92. The Hall–Kier alpha value is -2.63. The van der Waals surface area contributed by atoms with Crippen LogP contribution in [0.15, 0.2) is 37.3 Å². The number of nitrogens with zero attached hydrogens (tertiary/aromatic N) is 5. The van der Waals surface area contributed by atoms with Crippen molar-refractivity contribution in [3.63, 3.8) is 0 Å². The summed E-state index contributed by atoms with van der Waals surface area (Å²) >= 11 is 0. The Balaban J connectivity index is 1.54. The van der Waals surface area contributed by atoms with E-state index in [1.54, 1.807) is 4.68 Å². The van der Waals surface area contributed by atoms with Gasteiger partial charge in [0.25, 0.3) is 0 Å². The lowest BCUT2D eigenvalue weighted by Gasteiger charge is -2.01. The van der Waals surface area contributed by atoms with E-state index in [-0.39, 0.29) is 0 Å². The van der Waals surface area contributed by atoms with Crippen LogP contribution in [0.2, 0.25) is 0 Å². The van der Waals surface area contributed by atoms with Crippen molar-refractivity contribution in [2.75, 3.05) is 6.61 Å². The van der Waals surface area contributed by atoms with E-state index in [1.165, 1.54) is 18.4 Å². The third-order valence-corrected chi connectivity index (χ3v) is 4.04. The zero-order chi connectivity index (χ0) is 15.8. The summed E-state index contributed by atoms with van der Waals surface area (Å²) in [4.78, 5) is 4.64. The number of fused-ring (bicyclic) bond motifs is 1. The number of pyridine rings is 1. The molecule has 0 radical (unpaired) electrons. The maximum absolute atomic E-state index is 5.35. The maximum Gasteiger partial charge on any atom is 0.147 e. The summed E-state index contributed by atoms with van der Waals surface area (Å²) in [5.41, 5.74) is 3.98. The molecule has 118 valence electrons. The Morgan fingerprint density at radius 3 is 2.96 bits per heavy atom. The topological polar surface area (TPSA) is 57.2 Å². The molecule has 3 heterocycles. The van der Waals surface area contributed by atoms with Gasteiger partial charge in [0.1, 0.15) is 17.1 Å². The lowest BCUT2D eigenvalue weighted by molar-refractivity contribution is 0.297. The molecule has 0 N–H and O–H groups in total. The Morgan fingerprint density at radius 1 is 1.30 bits per heavy atom. The van der Waals surface area contributed by atoms with Crippen molar-refractivity contribution in [2.45, 2.75) is 32.2 Å². The monoisotopic (exact) mass is 309 g/mol. The van der Waals surface area contributed by atoms with Crippen molar-refractivity contribution in [3.05, 3.63) is 54.3 Å². The largest absolute Gasteiger partial charge is 0.492 e. The first kappa shape index (κ1) is 14.0. The molecule has 0 aliphatic heterocycles. The van der Waals surface area contributed by atoms with E-state index in [0.717, 1.165) is 17.3 Å². The van der Waals surface area contributed by atoms with Crippen LogP contribution in [-0.2, 0) is 11.3 Å². The summed E-state index contributed by atoms with van der Waals surface area (Å²) in [7, 11) is 0. The first-order chi connectivity index (χ1) is 11.2. The number of rotatable bonds is 6. The highest BCUT2D eigenvalue weighted by Crippen LogP contribution is 2.39. The maximum atomic E-state index is 5.35. The van der Waals surface area contributed by atoms with Crippen LogP contribution >= 0.6 is 0 Å². The van der Waals surface area contributed by atoms with Crippen molar-refractivity contribution >= 4 is 11.4 Å². The summed E-state index contributed by atoms with van der Waals surface area (Å²) in [5.74, 6) is 1.29. The molecule has 23 heavy (non-hydrogen) atoms. The van der Waals surface area contributed by atoms with Crippen LogP contribution in [-0.4, -0.2) is 31.0 Å². The molecule has 0 atom stereocenters. The van der Waals surface area contributed by atoms with Crippen molar-refractivity contribution in [3.8, 4) is 0 Å². The van der Waals surface area contributed by atoms with Crippen LogP contribution in [0.5, 0.6) is 0 Å². The molecule has 1 saturated carbocycles. The minimum absolute atomic E-state index is 0.544. The highest BCUT2D eigenvalue weighted by atomic mass is 16.5. The predicted molar refractivity (Wildman–Crippen MR) is 87.0 cm³/mol. The number of aromatic nitrogens is 5. The van der Waals surface area contributed by atoms with E-state index in [2.05, 4.69) is 50.8 Å². The highest BCUT2D eigenvalue weighted by molar-refractivity contribution is 5.51. The average molecular weight is 309 g/mol. The first-order valence-corrected chi connectivity index (χ1v) is 7.92. The van der Waals surface area contributed by atoms with Gasteiger partial charge in [-0.05, 0) is 37.3 Å². The molecule has 0 aromatic carbocycles. The minimum Gasteiger partial charge on any atom is -0.492 e. The number of hydrogen-bond acceptors (Lipinski definition) is 4. The summed E-state index contributed by atoms with van der Waals surface area (Å²) in [6, 6.07) is 4.27. The molecule has 0 unspecified atom stereocenters. The molecular formula is C17H19N5O. The van der Waals surface area contributed by atoms with E-state index in [9.17, 15) is 0 Å². The van der Waals surface area contributed by atoms with Gasteiger partial charge in [0.05, 0.1) is 25.0 Å². The van der Waals surface area contributed by atoms with Gasteiger partial charge in [0.15, 0.2) is 0 Å². The highest BCUT2D eigenvalue weighted by Gasteiger charge is 2.23. The molecule has 6 nitrogen and oxygen atoms in total. The molecule has 0 spiro atoms. The SMILES string of the molecule is C=C(OCC)c1cn(Cc2cn3cc(C4CC4)ccc3n2)nn1. The zero-order valence-electron chi connectivity index (χ0n) is 13.1. The number of imidazole rings is 1. The molecule has 1 fully saturated rings. The summed E-state index contributed by atoms with van der Waals surface area (Å²) < 4.78 is 9.20. The summed E-state index contributed by atoms with van der Waals surface area (Å²) in [5, 5.41) is 8.20. The molecule has 0 amide bonds. The van der Waals surface area contributed by atoms with E-state index in [1.807, 2.05) is 13.1 Å². The third-order valence-electron chi connectivity index (χ3n) is 4.04. The fourth-order valence-electron chi connectivity index (χ4n) is 2.71. The van der Waals surface area contributed by atoms with Crippen molar-refractivity contribution in [2.24, 2.45) is 0 Å². The molecule has 6 heteroatoms. The lowest BCUT2D eigenvalue weighted by atomic mass is 10.2. The molecule has 0 bridgehead atoms. The van der Waals surface area contributed by atoms with Crippen LogP contribution < -0.4 is 0 Å². The second-order valence-corrected chi connectivity index (χ2v) is 5.89. The van der Waals surface area contributed by atoms with Gasteiger partial charge in [-0.1, -0.05) is 17.9 Å². The van der Waals surface area contributed by atoms with Crippen LogP contribution in [0.3, 0.4) is 0 Å². The second kappa shape index (κ2) is 5.53. The number of ether oxygens (including phenoxy) is 1. The quantitative estimate of drug-likeness (QED) is 0.657. The minimum atomic E-state index is 0.544. The van der Waals surface area contributed by atoms with E-state index < -0.39 is 0 Å². The van der Waals surface area contributed by atoms with Gasteiger partial charge in [-0.3, -0.25) is 0 Å². The lowest BCUT2D eigenvalue weighted by Crippen LogP contribution is -2.00. The van der Waals surface area contributed by atoms with Crippen LogP contribution in [0.25, 0.3) is 11.4 Å². The van der Waals surface area contributed by atoms with Gasteiger partial charge in [-0.15, -0.1) is 5.10 Å². The van der Waals surface area contributed by atoms with Crippen LogP contribution in [0.1, 0.15) is 42.6 Å². The van der Waals surface area contributed by atoms with E-state index >= 15 is 0 Å². The van der Waals surface area contributed by atoms with Crippen LogP contribution in [0.4, 0.5) is 0 Å². The van der Waals surface area contributed by atoms with Gasteiger partial charge in [-0.25, -0.2) is 9.67 Å². The Kier molecular flexibility index (Phi) is 3.37. The Morgan fingerprint density at radius 2 is 2.17 bits per heavy atom. The van der Waals surface area contributed by atoms with Gasteiger partial charge in [0, 0.05) is 12.4 Å². The predicted octanol–water partition coefficient (Wildman–Crippen LogP) is 2.86. The number of hydrogen-bond donors (Lipinski definition) is 0. The van der Waals surface area contributed by atoms with Gasteiger partial charge < -0.3 is 9.14 Å². The van der Waals surface area contributed by atoms with Gasteiger partial charge >= 0.3 is 0 Å². The normalized spacial score (nSPS) is 14.3. The molecule has 0 saturated heterocycles. The Bertz CT molecular complexity index is 859.